The standard InChI is InChI=1S/C9H20N2O2/c1-6(2)9(13)11-8(4)10-5-7(3)12/h6-8,10,12H,5H2,1-4H3,(H,11,13). The van der Waals surface area contributed by atoms with Gasteiger partial charge in [0.05, 0.1) is 12.3 Å². The van der Waals surface area contributed by atoms with Crippen LogP contribution in [0.15, 0.2) is 0 Å². The molecule has 0 fully saturated rings. The lowest BCUT2D eigenvalue weighted by Gasteiger charge is -2.17. The fourth-order valence-electron chi connectivity index (χ4n) is 0.778. The Balaban J connectivity index is 3.62. The number of amides is 1. The molecule has 0 aliphatic rings. The number of hydrogen-bond donors (Lipinski definition) is 3. The average molecular weight is 188 g/mol. The molecule has 0 spiro atoms. The SMILES string of the molecule is CC(O)CNC(C)NC(=O)C(C)C. The summed E-state index contributed by atoms with van der Waals surface area (Å²) in [7, 11) is 0. The molecule has 0 aliphatic carbocycles. The van der Waals surface area contributed by atoms with Gasteiger partial charge < -0.3 is 10.4 Å². The minimum atomic E-state index is -0.390. The summed E-state index contributed by atoms with van der Waals surface area (Å²) in [6.45, 7) is 7.72. The first kappa shape index (κ1) is 12.4. The molecule has 2 unspecified atom stereocenters. The molecule has 1 amide bonds. The van der Waals surface area contributed by atoms with Gasteiger partial charge in [0.2, 0.25) is 5.91 Å². The van der Waals surface area contributed by atoms with Gasteiger partial charge in [-0.15, -0.1) is 0 Å². The number of carbonyl (C=O) groups excluding carboxylic acids is 1. The van der Waals surface area contributed by atoms with Crippen LogP contribution >= 0.6 is 0 Å². The molecule has 13 heavy (non-hydrogen) atoms. The number of nitrogens with one attached hydrogen (secondary N) is 2. The second-order valence-corrected chi connectivity index (χ2v) is 3.64. The zero-order valence-corrected chi connectivity index (χ0v) is 8.79. The van der Waals surface area contributed by atoms with Crippen LogP contribution in [0.3, 0.4) is 0 Å². The Kier molecular flexibility index (Phi) is 5.66. The summed E-state index contributed by atoms with van der Waals surface area (Å²) in [6, 6.07) is 0. The van der Waals surface area contributed by atoms with E-state index in [1.54, 1.807) is 6.92 Å². The van der Waals surface area contributed by atoms with E-state index in [9.17, 15) is 4.79 Å². The van der Waals surface area contributed by atoms with Crippen LogP contribution in [0.2, 0.25) is 0 Å². The summed E-state index contributed by atoms with van der Waals surface area (Å²) in [6.07, 6.45) is -0.483. The van der Waals surface area contributed by atoms with Crippen molar-refractivity contribution in [1.82, 2.24) is 10.6 Å². The third-order valence-corrected chi connectivity index (χ3v) is 1.60. The molecule has 0 aromatic heterocycles. The van der Waals surface area contributed by atoms with Crippen molar-refractivity contribution in [1.29, 1.82) is 0 Å². The maximum Gasteiger partial charge on any atom is 0.223 e. The van der Waals surface area contributed by atoms with E-state index in [-0.39, 0.29) is 18.0 Å². The fraction of sp³-hybridized carbons (Fsp3) is 0.889. The lowest BCUT2D eigenvalue weighted by molar-refractivity contribution is -0.124. The zero-order valence-electron chi connectivity index (χ0n) is 8.79. The van der Waals surface area contributed by atoms with Crippen LogP contribution in [-0.2, 0) is 4.79 Å². The van der Waals surface area contributed by atoms with Crippen molar-refractivity contribution in [2.45, 2.75) is 40.0 Å². The van der Waals surface area contributed by atoms with Gasteiger partial charge in [0.15, 0.2) is 0 Å². The van der Waals surface area contributed by atoms with Crippen LogP contribution < -0.4 is 10.6 Å². The average Bonchev–Trinajstić information content (AvgIpc) is 2.00. The first-order valence-electron chi connectivity index (χ1n) is 4.65. The van der Waals surface area contributed by atoms with Crippen molar-refractivity contribution in [3.8, 4) is 0 Å². The van der Waals surface area contributed by atoms with Gasteiger partial charge in [0.25, 0.3) is 0 Å². The van der Waals surface area contributed by atoms with Gasteiger partial charge in [-0.2, -0.15) is 0 Å². The molecule has 0 aliphatic heterocycles. The van der Waals surface area contributed by atoms with Crippen LogP contribution in [-0.4, -0.2) is 29.8 Å². The van der Waals surface area contributed by atoms with Crippen molar-refractivity contribution < 1.29 is 9.90 Å². The van der Waals surface area contributed by atoms with E-state index in [1.165, 1.54) is 0 Å². The van der Waals surface area contributed by atoms with Gasteiger partial charge in [-0.1, -0.05) is 13.8 Å². The van der Waals surface area contributed by atoms with E-state index in [0.717, 1.165) is 0 Å². The third kappa shape index (κ3) is 6.54. The molecule has 4 nitrogen and oxygen atoms in total. The molecule has 0 radical (unpaired) electrons. The van der Waals surface area contributed by atoms with Gasteiger partial charge in [0.1, 0.15) is 0 Å². The summed E-state index contributed by atoms with van der Waals surface area (Å²) >= 11 is 0. The van der Waals surface area contributed by atoms with E-state index in [1.807, 2.05) is 20.8 Å². The van der Waals surface area contributed by atoms with Gasteiger partial charge in [0, 0.05) is 12.5 Å². The third-order valence-electron chi connectivity index (χ3n) is 1.60. The Morgan fingerprint density at radius 3 is 2.23 bits per heavy atom. The topological polar surface area (TPSA) is 61.4 Å². The summed E-state index contributed by atoms with van der Waals surface area (Å²) in [5.74, 6) is 0.0152. The first-order valence-corrected chi connectivity index (χ1v) is 4.65. The molecule has 2 atom stereocenters. The van der Waals surface area contributed by atoms with Crippen LogP contribution in [0.25, 0.3) is 0 Å². The molecule has 0 saturated carbocycles. The Hall–Kier alpha value is -0.610. The molecule has 0 rings (SSSR count). The predicted octanol–water partition coefficient (Wildman–Crippen LogP) is 0.0750. The molecule has 0 aromatic carbocycles. The van der Waals surface area contributed by atoms with Crippen LogP contribution in [0.1, 0.15) is 27.7 Å². The van der Waals surface area contributed by atoms with Crippen LogP contribution in [0.4, 0.5) is 0 Å². The van der Waals surface area contributed by atoms with Crippen molar-refractivity contribution in [2.75, 3.05) is 6.54 Å². The Labute approximate surface area is 79.7 Å². The van der Waals surface area contributed by atoms with Crippen LogP contribution in [0, 0.1) is 5.92 Å². The molecular formula is C9H20N2O2. The molecule has 78 valence electrons. The molecule has 4 heteroatoms. The second-order valence-electron chi connectivity index (χ2n) is 3.64. The minimum Gasteiger partial charge on any atom is -0.392 e. The summed E-state index contributed by atoms with van der Waals surface area (Å²) in [5.41, 5.74) is 0. The maximum absolute atomic E-state index is 11.2. The Morgan fingerprint density at radius 2 is 1.85 bits per heavy atom. The number of aliphatic hydroxyl groups excluding tert-OH is 1. The summed E-state index contributed by atoms with van der Waals surface area (Å²) in [5, 5.41) is 14.7. The normalized spacial score (nSPS) is 15.5. The first-order chi connectivity index (χ1) is 5.93. The minimum absolute atomic E-state index is 0.00389. The highest BCUT2D eigenvalue weighted by Gasteiger charge is 2.10. The highest BCUT2D eigenvalue weighted by Crippen LogP contribution is 1.91. The van der Waals surface area contributed by atoms with Gasteiger partial charge in [-0.3, -0.25) is 10.1 Å². The maximum atomic E-state index is 11.2. The van der Waals surface area contributed by atoms with Crippen molar-refractivity contribution in [3.63, 3.8) is 0 Å². The monoisotopic (exact) mass is 188 g/mol. The quantitative estimate of drug-likeness (QED) is 0.535. The molecule has 0 saturated heterocycles. The van der Waals surface area contributed by atoms with E-state index in [2.05, 4.69) is 10.6 Å². The number of hydrogen-bond acceptors (Lipinski definition) is 3. The molecule has 0 aromatic rings. The fourth-order valence-corrected chi connectivity index (χ4v) is 0.778. The van der Waals surface area contributed by atoms with E-state index in [0.29, 0.717) is 6.54 Å². The molecular weight excluding hydrogens is 168 g/mol. The Bertz CT molecular complexity index is 158. The zero-order chi connectivity index (χ0) is 10.4. The van der Waals surface area contributed by atoms with E-state index < -0.39 is 6.10 Å². The Morgan fingerprint density at radius 1 is 1.31 bits per heavy atom. The second kappa shape index (κ2) is 5.94. The predicted molar refractivity (Wildman–Crippen MR) is 52.1 cm³/mol. The number of carbonyl (C=O) groups is 1. The van der Waals surface area contributed by atoms with Crippen molar-refractivity contribution in [3.05, 3.63) is 0 Å². The largest absolute Gasteiger partial charge is 0.392 e. The molecule has 0 bridgehead atoms. The van der Waals surface area contributed by atoms with E-state index in [4.69, 9.17) is 5.11 Å². The van der Waals surface area contributed by atoms with Crippen molar-refractivity contribution in [2.24, 2.45) is 5.92 Å². The molecule has 0 heterocycles. The number of rotatable bonds is 5. The highest BCUT2D eigenvalue weighted by atomic mass is 16.3. The smallest absolute Gasteiger partial charge is 0.223 e. The summed E-state index contributed by atoms with van der Waals surface area (Å²) in [4.78, 5) is 11.2. The number of aliphatic hydroxyl groups is 1. The lowest BCUT2D eigenvalue weighted by Crippen LogP contribution is -2.46. The van der Waals surface area contributed by atoms with Gasteiger partial charge in [-0.25, -0.2) is 0 Å². The van der Waals surface area contributed by atoms with E-state index >= 15 is 0 Å². The summed E-state index contributed by atoms with van der Waals surface area (Å²) < 4.78 is 0. The van der Waals surface area contributed by atoms with Crippen molar-refractivity contribution >= 4 is 5.91 Å². The highest BCUT2D eigenvalue weighted by molar-refractivity contribution is 5.78. The lowest BCUT2D eigenvalue weighted by atomic mass is 10.2. The van der Waals surface area contributed by atoms with Gasteiger partial charge >= 0.3 is 0 Å². The van der Waals surface area contributed by atoms with Gasteiger partial charge in [-0.05, 0) is 13.8 Å². The molecule has 3 N–H and O–H groups in total. The van der Waals surface area contributed by atoms with Crippen LogP contribution in [0.5, 0.6) is 0 Å².